The summed E-state index contributed by atoms with van der Waals surface area (Å²) in [6.07, 6.45) is 9.64. The zero-order valence-electron chi connectivity index (χ0n) is 12.3. The van der Waals surface area contributed by atoms with E-state index in [2.05, 4.69) is 6.92 Å². The van der Waals surface area contributed by atoms with Crippen LogP contribution in [0.3, 0.4) is 0 Å². The van der Waals surface area contributed by atoms with Crippen molar-refractivity contribution in [2.24, 2.45) is 23.2 Å². The largest absolute Gasteiger partial charge is 0.299 e. The van der Waals surface area contributed by atoms with Crippen LogP contribution in [-0.4, -0.2) is 5.78 Å². The van der Waals surface area contributed by atoms with Crippen molar-refractivity contribution < 1.29 is 9.18 Å². The van der Waals surface area contributed by atoms with Crippen molar-refractivity contribution in [1.82, 2.24) is 0 Å². The first kappa shape index (κ1) is 12.8. The fourth-order valence-corrected chi connectivity index (χ4v) is 5.57. The summed E-state index contributed by atoms with van der Waals surface area (Å²) in [6.45, 7) is 2.14. The SMILES string of the molecule is CC12CCC3C4=C(CCC3C1CC=C2F)CC(=O)CC4. The Bertz CT molecular complexity index is 530. The van der Waals surface area contributed by atoms with Gasteiger partial charge < -0.3 is 0 Å². The predicted molar refractivity (Wildman–Crippen MR) is 76.7 cm³/mol. The van der Waals surface area contributed by atoms with E-state index in [0.29, 0.717) is 30.0 Å². The first-order valence-electron chi connectivity index (χ1n) is 8.18. The maximum Gasteiger partial charge on any atom is 0.137 e. The number of ketones is 1. The summed E-state index contributed by atoms with van der Waals surface area (Å²) >= 11 is 0. The van der Waals surface area contributed by atoms with Gasteiger partial charge in [-0.2, -0.15) is 0 Å². The second-order valence-corrected chi connectivity index (χ2v) is 7.50. The minimum Gasteiger partial charge on any atom is -0.299 e. The summed E-state index contributed by atoms with van der Waals surface area (Å²) in [5.74, 6) is 2.40. The molecule has 1 fully saturated rings. The van der Waals surface area contributed by atoms with Crippen LogP contribution < -0.4 is 0 Å². The molecule has 0 saturated heterocycles. The molecule has 4 atom stereocenters. The molecular formula is C18H23FO. The van der Waals surface area contributed by atoms with Gasteiger partial charge in [-0.3, -0.25) is 4.79 Å². The standard InChI is InChI=1S/C18H23FO/c1-18-9-8-14-13-5-3-12(20)10-11(13)2-4-15(14)16(18)6-7-17(18)19/h7,14-16H,2-6,8-10H2,1H3. The molecule has 20 heavy (non-hydrogen) atoms. The van der Waals surface area contributed by atoms with E-state index in [1.807, 2.05) is 6.08 Å². The van der Waals surface area contributed by atoms with Crippen molar-refractivity contribution in [3.63, 3.8) is 0 Å². The Kier molecular flexibility index (Phi) is 2.74. The Hall–Kier alpha value is -0.920. The van der Waals surface area contributed by atoms with Crippen LogP contribution in [0, 0.1) is 23.2 Å². The van der Waals surface area contributed by atoms with E-state index < -0.39 is 0 Å². The highest BCUT2D eigenvalue weighted by molar-refractivity contribution is 5.82. The molecular weight excluding hydrogens is 251 g/mol. The average Bonchev–Trinajstić information content (AvgIpc) is 2.74. The second kappa shape index (κ2) is 4.29. The van der Waals surface area contributed by atoms with Crippen molar-refractivity contribution in [3.8, 4) is 0 Å². The highest BCUT2D eigenvalue weighted by atomic mass is 19.1. The van der Waals surface area contributed by atoms with Gasteiger partial charge in [0.25, 0.3) is 0 Å². The van der Waals surface area contributed by atoms with Crippen molar-refractivity contribution >= 4 is 5.78 Å². The molecule has 4 aliphatic rings. The smallest absolute Gasteiger partial charge is 0.137 e. The number of carbonyl (C=O) groups excluding carboxylic acids is 1. The molecule has 4 aliphatic carbocycles. The van der Waals surface area contributed by atoms with Gasteiger partial charge in [0.2, 0.25) is 0 Å². The van der Waals surface area contributed by atoms with Gasteiger partial charge in [0.05, 0.1) is 0 Å². The van der Waals surface area contributed by atoms with E-state index in [-0.39, 0.29) is 11.2 Å². The van der Waals surface area contributed by atoms with E-state index in [4.69, 9.17) is 0 Å². The number of rotatable bonds is 0. The number of fused-ring (bicyclic) bond motifs is 4. The van der Waals surface area contributed by atoms with Gasteiger partial charge in [-0.05, 0) is 56.3 Å². The molecule has 0 bridgehead atoms. The lowest BCUT2D eigenvalue weighted by Crippen LogP contribution is -2.42. The Balaban J connectivity index is 1.66. The van der Waals surface area contributed by atoms with Gasteiger partial charge in [-0.1, -0.05) is 24.1 Å². The Morgan fingerprint density at radius 1 is 1.25 bits per heavy atom. The fraction of sp³-hybridized carbons (Fsp3) is 0.722. The molecule has 0 aromatic carbocycles. The third-order valence-corrected chi connectivity index (χ3v) is 6.69. The topological polar surface area (TPSA) is 17.1 Å². The normalized spacial score (nSPS) is 43.8. The molecule has 0 heterocycles. The van der Waals surface area contributed by atoms with E-state index >= 15 is 0 Å². The predicted octanol–water partition coefficient (Wildman–Crippen LogP) is 4.74. The number of hydrogen-bond donors (Lipinski definition) is 0. The number of carbonyl (C=O) groups is 1. The Labute approximate surface area is 120 Å². The van der Waals surface area contributed by atoms with E-state index in [0.717, 1.165) is 38.5 Å². The molecule has 1 saturated carbocycles. The van der Waals surface area contributed by atoms with Gasteiger partial charge >= 0.3 is 0 Å². The molecule has 1 nitrogen and oxygen atoms in total. The van der Waals surface area contributed by atoms with Crippen molar-refractivity contribution in [3.05, 3.63) is 23.0 Å². The van der Waals surface area contributed by atoms with Gasteiger partial charge in [-0.15, -0.1) is 0 Å². The summed E-state index contributed by atoms with van der Waals surface area (Å²) < 4.78 is 14.2. The molecule has 0 radical (unpaired) electrons. The summed E-state index contributed by atoms with van der Waals surface area (Å²) in [6, 6.07) is 0. The highest BCUT2D eigenvalue weighted by Gasteiger charge is 2.52. The first-order chi connectivity index (χ1) is 9.59. The van der Waals surface area contributed by atoms with Crippen LogP contribution in [0.1, 0.15) is 58.3 Å². The fourth-order valence-electron chi connectivity index (χ4n) is 5.57. The highest BCUT2D eigenvalue weighted by Crippen LogP contribution is 2.61. The van der Waals surface area contributed by atoms with Crippen molar-refractivity contribution in [2.45, 2.75) is 58.3 Å². The van der Waals surface area contributed by atoms with E-state index in [1.165, 1.54) is 12.0 Å². The molecule has 108 valence electrons. The van der Waals surface area contributed by atoms with Gasteiger partial charge in [0.15, 0.2) is 0 Å². The number of Topliss-reactive ketones (excluding diaryl/α,β-unsaturated/α-hetero) is 1. The quantitative estimate of drug-likeness (QED) is 0.583. The number of allylic oxidation sites excluding steroid dienone is 4. The minimum atomic E-state index is -0.177. The molecule has 4 unspecified atom stereocenters. The molecule has 0 aromatic rings. The van der Waals surface area contributed by atoms with Crippen LogP contribution >= 0.6 is 0 Å². The molecule has 0 aliphatic heterocycles. The third-order valence-electron chi connectivity index (χ3n) is 6.69. The lowest BCUT2D eigenvalue weighted by Gasteiger charge is -2.50. The maximum absolute atomic E-state index is 14.2. The zero-order chi connectivity index (χ0) is 13.9. The molecule has 0 spiro atoms. The molecule has 4 rings (SSSR count). The van der Waals surface area contributed by atoms with Gasteiger partial charge in [-0.25, -0.2) is 4.39 Å². The maximum atomic E-state index is 14.2. The van der Waals surface area contributed by atoms with Crippen LogP contribution in [0.5, 0.6) is 0 Å². The average molecular weight is 274 g/mol. The third kappa shape index (κ3) is 1.63. The first-order valence-corrected chi connectivity index (χ1v) is 8.18. The number of halogens is 1. The van der Waals surface area contributed by atoms with Crippen molar-refractivity contribution in [2.75, 3.05) is 0 Å². The summed E-state index contributed by atoms with van der Waals surface area (Å²) in [5, 5.41) is 0. The lowest BCUT2D eigenvalue weighted by atomic mass is 9.54. The minimum absolute atomic E-state index is 0.152. The zero-order valence-corrected chi connectivity index (χ0v) is 12.3. The molecule has 2 heteroatoms. The molecule has 0 aromatic heterocycles. The lowest BCUT2D eigenvalue weighted by molar-refractivity contribution is -0.119. The van der Waals surface area contributed by atoms with E-state index in [9.17, 15) is 9.18 Å². The van der Waals surface area contributed by atoms with E-state index in [1.54, 1.807) is 5.57 Å². The van der Waals surface area contributed by atoms with Gasteiger partial charge in [0, 0.05) is 18.3 Å². The summed E-state index contributed by atoms with van der Waals surface area (Å²) in [4.78, 5) is 11.7. The van der Waals surface area contributed by atoms with Crippen LogP contribution in [0.25, 0.3) is 0 Å². The Morgan fingerprint density at radius 3 is 2.95 bits per heavy atom. The number of hydrogen-bond acceptors (Lipinski definition) is 1. The molecule has 0 N–H and O–H groups in total. The van der Waals surface area contributed by atoms with Gasteiger partial charge in [0.1, 0.15) is 11.6 Å². The van der Waals surface area contributed by atoms with Crippen molar-refractivity contribution in [1.29, 1.82) is 0 Å². The summed E-state index contributed by atoms with van der Waals surface area (Å²) in [7, 11) is 0. The van der Waals surface area contributed by atoms with Crippen LogP contribution in [0.2, 0.25) is 0 Å². The van der Waals surface area contributed by atoms with Crippen LogP contribution in [0.15, 0.2) is 23.0 Å². The summed E-state index contributed by atoms with van der Waals surface area (Å²) in [5.41, 5.74) is 2.89. The molecule has 0 amide bonds. The second-order valence-electron chi connectivity index (χ2n) is 7.50. The van der Waals surface area contributed by atoms with Crippen LogP contribution in [-0.2, 0) is 4.79 Å². The van der Waals surface area contributed by atoms with Crippen LogP contribution in [0.4, 0.5) is 4.39 Å². The monoisotopic (exact) mass is 274 g/mol. The Morgan fingerprint density at radius 2 is 2.10 bits per heavy atom.